The number of carboxylic acids is 1. The summed E-state index contributed by atoms with van der Waals surface area (Å²) in [4.78, 5) is 114. The maximum atomic E-state index is 14.7. The van der Waals surface area contributed by atoms with Gasteiger partial charge in [0.2, 0.25) is 29.5 Å². The first kappa shape index (κ1) is 60.9. The highest BCUT2D eigenvalue weighted by Crippen LogP contribution is 2.30. The number of likely N-dealkylation sites (N-methyl/N-ethyl adjacent to an activating group) is 2. The summed E-state index contributed by atoms with van der Waals surface area (Å²) < 4.78 is 17.5. The second kappa shape index (κ2) is 28.9. The van der Waals surface area contributed by atoms with E-state index in [4.69, 9.17) is 19.5 Å². The van der Waals surface area contributed by atoms with Crippen molar-refractivity contribution in [3.8, 4) is 11.8 Å². The highest BCUT2D eigenvalue weighted by atomic mass is 16.5. The minimum absolute atomic E-state index is 0.0938. The van der Waals surface area contributed by atoms with E-state index in [1.54, 1.807) is 67.2 Å². The van der Waals surface area contributed by atoms with Crippen LogP contribution < -0.4 is 15.4 Å². The molecule has 1 unspecified atom stereocenters. The first-order chi connectivity index (χ1) is 35.6. The minimum Gasteiger partial charge on any atom is -0.480 e. The van der Waals surface area contributed by atoms with E-state index in [2.05, 4.69) is 10.6 Å². The topological polar surface area (TPSA) is 245 Å². The highest BCUT2D eigenvalue weighted by Gasteiger charge is 2.44. The van der Waals surface area contributed by atoms with E-state index in [0.717, 1.165) is 16.5 Å². The largest absolute Gasteiger partial charge is 0.480 e. The quantitative estimate of drug-likeness (QED) is 0.0710. The number of ether oxygens (including phenoxy) is 3. The molecule has 0 aromatic heterocycles. The first-order valence-corrected chi connectivity index (χ1v) is 26.1. The molecule has 0 spiro atoms. The van der Waals surface area contributed by atoms with Crippen molar-refractivity contribution in [2.24, 2.45) is 23.7 Å². The fraction of sp³-hybridized carbons (Fsp3) is 0.589. The number of carbonyl (C=O) groups is 8. The van der Waals surface area contributed by atoms with Gasteiger partial charge in [0.05, 0.1) is 54.3 Å². The van der Waals surface area contributed by atoms with Crippen LogP contribution in [-0.4, -0.2) is 156 Å². The molecule has 1 fully saturated rings. The van der Waals surface area contributed by atoms with Gasteiger partial charge in [0.15, 0.2) is 5.76 Å². The molecule has 2 heterocycles. The summed E-state index contributed by atoms with van der Waals surface area (Å²) in [6.07, 6.45) is 2.92. The van der Waals surface area contributed by atoms with E-state index in [9.17, 15) is 43.5 Å². The number of nitriles is 1. The Labute approximate surface area is 442 Å². The minimum atomic E-state index is -1.17. The molecule has 3 N–H and O–H groups in total. The number of carbonyl (C=O) groups excluding carboxylic acids is 7. The lowest BCUT2D eigenvalue weighted by Crippen LogP contribution is -2.60. The molecule has 0 radical (unpaired) electrons. The zero-order valence-corrected chi connectivity index (χ0v) is 45.6. The lowest BCUT2D eigenvalue weighted by molar-refractivity contribution is -0.149. The maximum Gasteiger partial charge on any atom is 0.326 e. The van der Waals surface area contributed by atoms with E-state index in [-0.39, 0.29) is 61.1 Å². The van der Waals surface area contributed by atoms with Crippen LogP contribution in [-0.2, 0) is 54.3 Å². The number of rotatable bonds is 29. The van der Waals surface area contributed by atoms with E-state index in [0.29, 0.717) is 56.4 Å². The molecular weight excluding hydrogens is 963 g/mol. The molecule has 19 nitrogen and oxygen atoms in total. The predicted molar refractivity (Wildman–Crippen MR) is 279 cm³/mol. The molecule has 7 amide bonds. The number of amides is 7. The Hall–Kier alpha value is -6.65. The molecule has 0 saturated carbocycles. The number of likely N-dealkylation sites (tertiary alicyclic amines) is 1. The van der Waals surface area contributed by atoms with Crippen molar-refractivity contribution in [2.75, 3.05) is 41.4 Å². The lowest BCUT2D eigenvalue weighted by atomic mass is 9.89. The Morgan fingerprint density at radius 3 is 2.09 bits per heavy atom. The molecule has 2 aromatic rings. The first-order valence-electron chi connectivity index (χ1n) is 26.1. The molecule has 410 valence electrons. The molecule has 2 aliphatic heterocycles. The van der Waals surface area contributed by atoms with Crippen LogP contribution in [0.15, 0.2) is 66.4 Å². The summed E-state index contributed by atoms with van der Waals surface area (Å²) in [7, 11) is 6.17. The number of methoxy groups -OCH3 is 2. The summed E-state index contributed by atoms with van der Waals surface area (Å²) in [6.45, 7) is 13.4. The van der Waals surface area contributed by atoms with Crippen molar-refractivity contribution in [1.29, 1.82) is 5.26 Å². The van der Waals surface area contributed by atoms with Crippen molar-refractivity contribution < 1.29 is 57.7 Å². The monoisotopic (exact) mass is 1040 g/mol. The molecule has 0 aliphatic carbocycles. The molecule has 1 saturated heterocycles. The number of unbranched alkanes of at least 4 members (excludes halogenated alkanes) is 2. The Kier molecular flexibility index (Phi) is 23.4. The third-order valence-corrected chi connectivity index (χ3v) is 14.6. The van der Waals surface area contributed by atoms with E-state index >= 15 is 0 Å². The molecule has 75 heavy (non-hydrogen) atoms. The van der Waals surface area contributed by atoms with Gasteiger partial charge in [-0.2, -0.15) is 5.26 Å². The summed E-state index contributed by atoms with van der Waals surface area (Å²) in [5.74, 6) is -5.67. The fourth-order valence-electron chi connectivity index (χ4n) is 10.1. The molecule has 2 aliphatic rings. The van der Waals surface area contributed by atoms with Crippen LogP contribution in [0.5, 0.6) is 5.75 Å². The van der Waals surface area contributed by atoms with Crippen LogP contribution in [0.3, 0.4) is 0 Å². The van der Waals surface area contributed by atoms with Crippen LogP contribution in [0.4, 0.5) is 0 Å². The molecule has 19 heteroatoms. The summed E-state index contributed by atoms with van der Waals surface area (Å²) in [5.41, 5.74) is 1.18. The lowest BCUT2D eigenvalue weighted by Gasteiger charge is -2.41. The predicted octanol–water partition coefficient (Wildman–Crippen LogP) is 5.11. The number of nitrogens with zero attached hydrogens (tertiary/aromatic N) is 5. The summed E-state index contributed by atoms with van der Waals surface area (Å²) in [6, 6.07) is 13.0. The van der Waals surface area contributed by atoms with Gasteiger partial charge in [0.1, 0.15) is 23.9 Å². The van der Waals surface area contributed by atoms with Gasteiger partial charge in [-0.1, -0.05) is 91.6 Å². The van der Waals surface area contributed by atoms with Crippen molar-refractivity contribution in [3.63, 3.8) is 0 Å². The van der Waals surface area contributed by atoms with Gasteiger partial charge in [-0.05, 0) is 73.3 Å². The van der Waals surface area contributed by atoms with Crippen LogP contribution in [0.25, 0.3) is 0 Å². The Morgan fingerprint density at radius 2 is 1.52 bits per heavy atom. The average Bonchev–Trinajstić information content (AvgIpc) is 3.97. The maximum absolute atomic E-state index is 14.7. The van der Waals surface area contributed by atoms with Crippen LogP contribution in [0, 0.1) is 35.0 Å². The van der Waals surface area contributed by atoms with Gasteiger partial charge >= 0.3 is 5.97 Å². The number of nitrogens with one attached hydrogen (secondary N) is 2. The zero-order chi connectivity index (χ0) is 55.7. The Morgan fingerprint density at radius 1 is 0.853 bits per heavy atom. The number of hydrogen-bond acceptors (Lipinski definition) is 12. The van der Waals surface area contributed by atoms with E-state index in [1.165, 1.54) is 31.3 Å². The normalized spacial score (nSPS) is 17.8. The molecule has 9 atom stereocenters. The van der Waals surface area contributed by atoms with Gasteiger partial charge in [-0.3, -0.25) is 38.5 Å². The Bertz CT molecular complexity index is 2370. The van der Waals surface area contributed by atoms with Crippen molar-refractivity contribution in [1.82, 2.24) is 30.2 Å². The SMILES string of the molecule is CC[C@@H](C)[C@@H]([C@@H](CC(=O)N1CCC[C@H]1[C@H](OC)[C@@H](C)C(=O)N[C@@H](Cc1ccccc1)C(=O)O)OC)N(C)C(=O)[C@@H](NC(=O)C(C(C)C)N(C)C(=O)CCCCCN1C(=O)C=C(Oc2ccc(C#N)cc2)C1=O)C(C)C. The van der Waals surface area contributed by atoms with Crippen LogP contribution in [0.1, 0.15) is 111 Å². The zero-order valence-electron chi connectivity index (χ0n) is 45.6. The average molecular weight is 1040 g/mol. The van der Waals surface area contributed by atoms with Gasteiger partial charge < -0.3 is 44.7 Å². The number of imide groups is 1. The van der Waals surface area contributed by atoms with Gasteiger partial charge in [0, 0.05) is 54.2 Å². The molecule has 4 rings (SSSR count). The second-order valence-corrected chi connectivity index (χ2v) is 20.5. The van der Waals surface area contributed by atoms with E-state index < -0.39 is 83.8 Å². The third kappa shape index (κ3) is 16.2. The van der Waals surface area contributed by atoms with Crippen molar-refractivity contribution >= 4 is 47.3 Å². The standard InChI is InChI=1S/C56H79N7O12/c1-12-36(6)50(43(73-10)31-46(65)62-29-19-22-42(62)51(74-11)37(7)52(67)58-41(56(71)72)30-38-20-15-13-16-21-38)61(9)55(70)48(34(2)3)59-53(68)49(35(4)5)60(8)45(64)23-17-14-18-28-63-47(66)32-44(54(63)69)75-40-26-24-39(33-57)25-27-40/h13,15-16,20-21,24-27,32,34-37,41-43,48-51H,12,14,17-19,22-23,28-31H2,1-11H3,(H,58,67)(H,59,68)(H,71,72)/t36-,37-,41+,42+,43-,48+,49?,50+,51-/m1/s1. The number of hydrogen-bond donors (Lipinski definition) is 3. The fourth-order valence-corrected chi connectivity index (χ4v) is 10.1. The summed E-state index contributed by atoms with van der Waals surface area (Å²) >= 11 is 0. The highest BCUT2D eigenvalue weighted by molar-refractivity contribution is 6.15. The third-order valence-electron chi connectivity index (χ3n) is 14.6. The summed E-state index contributed by atoms with van der Waals surface area (Å²) in [5, 5.41) is 24.6. The van der Waals surface area contributed by atoms with Crippen molar-refractivity contribution in [2.45, 2.75) is 149 Å². The Balaban J connectivity index is 1.36. The number of aliphatic carboxylic acids is 1. The van der Waals surface area contributed by atoms with Crippen LogP contribution in [0.2, 0.25) is 0 Å². The van der Waals surface area contributed by atoms with Gasteiger partial charge in [-0.15, -0.1) is 0 Å². The number of carboxylic acid groups (broad SMARTS) is 1. The van der Waals surface area contributed by atoms with Gasteiger partial charge in [-0.25, -0.2) is 4.79 Å². The molecule has 0 bridgehead atoms. The van der Waals surface area contributed by atoms with Crippen molar-refractivity contribution in [3.05, 3.63) is 77.6 Å². The number of benzene rings is 2. The van der Waals surface area contributed by atoms with Gasteiger partial charge in [0.25, 0.3) is 11.8 Å². The smallest absolute Gasteiger partial charge is 0.326 e. The van der Waals surface area contributed by atoms with Crippen LogP contribution >= 0.6 is 0 Å². The second-order valence-electron chi connectivity index (χ2n) is 20.5. The van der Waals surface area contributed by atoms with E-state index in [1.807, 2.05) is 53.7 Å². The molecular formula is C56H79N7O12. The molecule has 2 aromatic carbocycles.